The maximum absolute atomic E-state index is 13.5. The summed E-state index contributed by atoms with van der Waals surface area (Å²) in [5.41, 5.74) is -1.24. The van der Waals surface area contributed by atoms with E-state index in [9.17, 15) is 17.6 Å². The highest BCUT2D eigenvalue weighted by molar-refractivity contribution is 5.48. The van der Waals surface area contributed by atoms with Crippen molar-refractivity contribution in [2.24, 2.45) is 0 Å². The zero-order chi connectivity index (χ0) is 15.0. The highest BCUT2D eigenvalue weighted by atomic mass is 19.4. The third-order valence-corrected chi connectivity index (χ3v) is 3.37. The normalized spacial score (nSPS) is 22.0. The molecule has 0 bridgehead atoms. The maximum atomic E-state index is 13.5. The van der Waals surface area contributed by atoms with Gasteiger partial charge >= 0.3 is 6.18 Å². The van der Waals surface area contributed by atoms with Gasteiger partial charge in [0.1, 0.15) is 5.82 Å². The fourth-order valence-corrected chi connectivity index (χ4v) is 2.28. The molecular weight excluding hydrogens is 274 g/mol. The molecule has 0 saturated carbocycles. The van der Waals surface area contributed by atoms with Crippen LogP contribution in [0.4, 0.5) is 23.2 Å². The Kier molecular flexibility index (Phi) is 3.95. The number of nitrogens with one attached hydrogen (secondary N) is 1. The van der Waals surface area contributed by atoms with Crippen LogP contribution in [-0.2, 0) is 10.9 Å². The molecule has 1 aliphatic rings. The van der Waals surface area contributed by atoms with Gasteiger partial charge in [0.05, 0.1) is 23.0 Å². The van der Waals surface area contributed by atoms with E-state index >= 15 is 0 Å². The van der Waals surface area contributed by atoms with Crippen LogP contribution in [-0.4, -0.2) is 18.2 Å². The second-order valence-electron chi connectivity index (χ2n) is 5.61. The van der Waals surface area contributed by atoms with E-state index in [1.54, 1.807) is 0 Å². The molecular formula is C14H17F4NO. The van der Waals surface area contributed by atoms with Crippen molar-refractivity contribution in [3.05, 3.63) is 29.6 Å². The Balaban J connectivity index is 2.03. The zero-order valence-corrected chi connectivity index (χ0v) is 11.4. The summed E-state index contributed by atoms with van der Waals surface area (Å²) in [7, 11) is 0. The molecule has 0 aromatic heterocycles. The Morgan fingerprint density at radius 1 is 1.35 bits per heavy atom. The quantitative estimate of drug-likeness (QED) is 0.842. The summed E-state index contributed by atoms with van der Waals surface area (Å²) < 4.78 is 56.9. The van der Waals surface area contributed by atoms with Crippen LogP contribution >= 0.6 is 0 Å². The fourth-order valence-electron chi connectivity index (χ4n) is 2.28. The molecule has 0 aliphatic carbocycles. The first-order valence-corrected chi connectivity index (χ1v) is 6.46. The van der Waals surface area contributed by atoms with Crippen LogP contribution in [0.2, 0.25) is 0 Å². The second-order valence-corrected chi connectivity index (χ2v) is 5.61. The van der Waals surface area contributed by atoms with E-state index in [-0.39, 0.29) is 17.4 Å². The smallest absolute Gasteiger partial charge is 0.380 e. The minimum absolute atomic E-state index is 0.112. The van der Waals surface area contributed by atoms with Crippen LogP contribution in [0, 0.1) is 5.82 Å². The van der Waals surface area contributed by atoms with Gasteiger partial charge in [-0.3, -0.25) is 0 Å². The fraction of sp³-hybridized carbons (Fsp3) is 0.571. The maximum Gasteiger partial charge on any atom is 0.416 e. The second kappa shape index (κ2) is 5.24. The van der Waals surface area contributed by atoms with E-state index in [2.05, 4.69) is 5.32 Å². The first kappa shape index (κ1) is 15.1. The highest BCUT2D eigenvalue weighted by Crippen LogP contribution is 2.33. The number of alkyl halides is 3. The van der Waals surface area contributed by atoms with Gasteiger partial charge in [0.2, 0.25) is 0 Å². The van der Waals surface area contributed by atoms with Gasteiger partial charge in [0.25, 0.3) is 0 Å². The van der Waals surface area contributed by atoms with Crippen molar-refractivity contribution in [2.75, 3.05) is 11.9 Å². The average molecular weight is 291 g/mol. The molecule has 1 unspecified atom stereocenters. The Bertz CT molecular complexity index is 485. The van der Waals surface area contributed by atoms with Gasteiger partial charge < -0.3 is 10.1 Å². The minimum Gasteiger partial charge on any atom is -0.380 e. The van der Waals surface area contributed by atoms with Crippen molar-refractivity contribution >= 4 is 5.69 Å². The van der Waals surface area contributed by atoms with E-state index in [0.29, 0.717) is 6.54 Å². The molecule has 1 saturated heterocycles. The molecule has 112 valence electrons. The van der Waals surface area contributed by atoms with Crippen LogP contribution in [0.3, 0.4) is 0 Å². The van der Waals surface area contributed by atoms with Crippen molar-refractivity contribution in [3.8, 4) is 0 Å². The van der Waals surface area contributed by atoms with Crippen molar-refractivity contribution < 1.29 is 22.3 Å². The number of rotatable bonds is 3. The molecule has 0 amide bonds. The summed E-state index contributed by atoms with van der Waals surface area (Å²) in [5, 5.41) is 2.71. The van der Waals surface area contributed by atoms with Gasteiger partial charge in [-0.2, -0.15) is 13.2 Å². The average Bonchev–Trinajstić information content (AvgIpc) is 2.66. The van der Waals surface area contributed by atoms with E-state index in [4.69, 9.17) is 4.74 Å². The predicted molar refractivity (Wildman–Crippen MR) is 68.1 cm³/mol. The molecule has 2 rings (SSSR count). The third-order valence-electron chi connectivity index (χ3n) is 3.37. The molecule has 1 aromatic rings. The van der Waals surface area contributed by atoms with Gasteiger partial charge in [-0.1, -0.05) is 0 Å². The van der Waals surface area contributed by atoms with Gasteiger partial charge in [-0.05, 0) is 44.9 Å². The van der Waals surface area contributed by atoms with Gasteiger partial charge in [-0.15, -0.1) is 0 Å². The molecule has 0 radical (unpaired) electrons. The van der Waals surface area contributed by atoms with Gasteiger partial charge in [0, 0.05) is 6.54 Å². The molecule has 20 heavy (non-hydrogen) atoms. The topological polar surface area (TPSA) is 21.3 Å². The van der Waals surface area contributed by atoms with Crippen LogP contribution in [0.1, 0.15) is 32.3 Å². The summed E-state index contributed by atoms with van der Waals surface area (Å²) in [6, 6.07) is 2.34. The molecule has 1 fully saturated rings. The summed E-state index contributed by atoms with van der Waals surface area (Å²) in [6.45, 7) is 4.21. The number of hydrogen-bond acceptors (Lipinski definition) is 2. The number of anilines is 1. The van der Waals surface area contributed by atoms with Crippen molar-refractivity contribution in [3.63, 3.8) is 0 Å². The number of benzene rings is 1. The summed E-state index contributed by atoms with van der Waals surface area (Å²) in [6.07, 6.45) is -2.90. The van der Waals surface area contributed by atoms with Crippen molar-refractivity contribution in [1.29, 1.82) is 0 Å². The van der Waals surface area contributed by atoms with Crippen LogP contribution in [0.15, 0.2) is 18.2 Å². The zero-order valence-electron chi connectivity index (χ0n) is 11.4. The molecule has 6 heteroatoms. The Morgan fingerprint density at radius 2 is 2.05 bits per heavy atom. The molecule has 1 aromatic carbocycles. The third kappa shape index (κ3) is 3.62. The van der Waals surface area contributed by atoms with Crippen LogP contribution in [0.25, 0.3) is 0 Å². The lowest BCUT2D eigenvalue weighted by molar-refractivity contribution is -0.137. The monoisotopic (exact) mass is 291 g/mol. The van der Waals surface area contributed by atoms with E-state index in [0.717, 1.165) is 31.0 Å². The Labute approximate surface area is 115 Å². The highest BCUT2D eigenvalue weighted by Gasteiger charge is 2.33. The van der Waals surface area contributed by atoms with Crippen molar-refractivity contribution in [1.82, 2.24) is 0 Å². The molecule has 1 heterocycles. The largest absolute Gasteiger partial charge is 0.416 e. The molecule has 2 nitrogen and oxygen atoms in total. The predicted octanol–water partition coefficient (Wildman–Crippen LogP) is 4.21. The van der Waals surface area contributed by atoms with Crippen LogP contribution in [0.5, 0.6) is 0 Å². The van der Waals surface area contributed by atoms with Gasteiger partial charge in [-0.25, -0.2) is 4.39 Å². The summed E-state index contributed by atoms with van der Waals surface area (Å²) in [5.74, 6) is -0.699. The molecule has 1 aliphatic heterocycles. The van der Waals surface area contributed by atoms with Crippen molar-refractivity contribution in [2.45, 2.75) is 44.6 Å². The lowest BCUT2D eigenvalue weighted by atomic mass is 10.1. The molecule has 1 N–H and O–H groups in total. The lowest BCUT2D eigenvalue weighted by Crippen LogP contribution is -2.25. The first-order chi connectivity index (χ1) is 9.17. The molecule has 0 spiro atoms. The molecule has 1 atom stereocenters. The summed E-state index contributed by atoms with van der Waals surface area (Å²) >= 11 is 0. The van der Waals surface area contributed by atoms with Crippen LogP contribution < -0.4 is 5.32 Å². The number of ether oxygens (including phenoxy) is 1. The lowest BCUT2D eigenvalue weighted by Gasteiger charge is -2.20. The SMILES string of the molecule is CC1(C)CCC(CNc2cc(C(F)(F)F)ccc2F)O1. The Morgan fingerprint density at radius 3 is 2.60 bits per heavy atom. The number of halogens is 4. The summed E-state index contributed by atoms with van der Waals surface area (Å²) in [4.78, 5) is 0. The Hall–Kier alpha value is -1.30. The number of hydrogen-bond donors (Lipinski definition) is 1. The van der Waals surface area contributed by atoms with E-state index in [1.165, 1.54) is 0 Å². The first-order valence-electron chi connectivity index (χ1n) is 6.46. The van der Waals surface area contributed by atoms with E-state index in [1.807, 2.05) is 13.8 Å². The standard InChI is InChI=1S/C14H17F4NO/c1-13(2)6-5-10(20-13)8-19-12-7-9(14(16,17)18)3-4-11(12)15/h3-4,7,10,19H,5-6,8H2,1-2H3. The van der Waals surface area contributed by atoms with Gasteiger partial charge in [0.15, 0.2) is 0 Å². The minimum atomic E-state index is -4.48. The van der Waals surface area contributed by atoms with E-state index < -0.39 is 17.6 Å².